The van der Waals surface area contributed by atoms with Crippen molar-refractivity contribution in [3.8, 4) is 0 Å². The lowest BCUT2D eigenvalue weighted by Gasteiger charge is -2.12. The van der Waals surface area contributed by atoms with Gasteiger partial charge in [-0.1, -0.05) is 0 Å². The minimum absolute atomic E-state index is 0.137. The zero-order valence-corrected chi connectivity index (χ0v) is 8.41. The molecule has 1 N–H and O–H groups in total. The molecular weight excluding hydrogens is 204 g/mol. The Hall–Kier alpha value is -1.39. The molecular formula is C10H13F2NO2. The van der Waals surface area contributed by atoms with Gasteiger partial charge in [0, 0.05) is 24.9 Å². The molecule has 0 aromatic carbocycles. The molecule has 0 saturated heterocycles. The highest BCUT2D eigenvalue weighted by Gasteiger charge is 2.20. The molecule has 0 atom stereocenters. The Morgan fingerprint density at radius 2 is 2.27 bits per heavy atom. The molecule has 0 fully saturated rings. The van der Waals surface area contributed by atoms with Crippen LogP contribution in [-0.2, 0) is 17.8 Å². The maximum absolute atomic E-state index is 12.6. The van der Waals surface area contributed by atoms with Crippen molar-refractivity contribution >= 4 is 5.97 Å². The lowest BCUT2D eigenvalue weighted by Crippen LogP contribution is -2.15. The number of alkyl halides is 2. The van der Waals surface area contributed by atoms with Gasteiger partial charge in [-0.2, -0.15) is 0 Å². The Labute approximate surface area is 86.3 Å². The molecule has 84 valence electrons. The Kier molecular flexibility index (Phi) is 3.44. The van der Waals surface area contributed by atoms with Crippen LogP contribution in [-0.4, -0.2) is 21.6 Å². The van der Waals surface area contributed by atoms with Crippen molar-refractivity contribution in [1.29, 1.82) is 0 Å². The zero-order valence-electron chi connectivity index (χ0n) is 8.41. The summed E-state index contributed by atoms with van der Waals surface area (Å²) in [5, 5.41) is 8.58. The maximum Gasteiger partial charge on any atom is 0.309 e. The molecule has 0 radical (unpaired) electrons. The van der Waals surface area contributed by atoms with Crippen LogP contribution >= 0.6 is 0 Å². The van der Waals surface area contributed by atoms with E-state index >= 15 is 0 Å². The van der Waals surface area contributed by atoms with Gasteiger partial charge in [0.05, 0.1) is 6.42 Å². The molecule has 0 unspecified atom stereocenters. The van der Waals surface area contributed by atoms with Crippen LogP contribution in [0, 0.1) is 0 Å². The molecule has 0 bridgehead atoms. The standard InChI is InChI=1S/C10H13F2NO2/c1-10(11,12)4-6-13-5-2-3-8(13)7-9(14)15/h2-3,5H,4,6-7H2,1H3,(H,14,15). The largest absolute Gasteiger partial charge is 0.481 e. The molecule has 1 aromatic heterocycles. The normalized spacial score (nSPS) is 11.7. The summed E-state index contributed by atoms with van der Waals surface area (Å²) in [4.78, 5) is 10.5. The van der Waals surface area contributed by atoms with E-state index in [-0.39, 0.29) is 19.4 Å². The molecule has 0 aliphatic carbocycles. The lowest BCUT2D eigenvalue weighted by atomic mass is 10.2. The van der Waals surface area contributed by atoms with Crippen LogP contribution in [0.15, 0.2) is 18.3 Å². The number of aliphatic carboxylic acids is 1. The molecule has 0 aliphatic rings. The molecule has 0 aliphatic heterocycles. The average Bonchev–Trinajstić information content (AvgIpc) is 2.46. The molecule has 1 rings (SSSR count). The van der Waals surface area contributed by atoms with E-state index in [2.05, 4.69) is 0 Å². The van der Waals surface area contributed by atoms with Crippen LogP contribution in [0.2, 0.25) is 0 Å². The third-order valence-electron chi connectivity index (χ3n) is 2.05. The monoisotopic (exact) mass is 217 g/mol. The van der Waals surface area contributed by atoms with Gasteiger partial charge in [-0.25, -0.2) is 8.78 Å². The van der Waals surface area contributed by atoms with Crippen LogP contribution in [0.25, 0.3) is 0 Å². The fourth-order valence-electron chi connectivity index (χ4n) is 1.30. The van der Waals surface area contributed by atoms with E-state index in [1.165, 1.54) is 0 Å². The van der Waals surface area contributed by atoms with E-state index < -0.39 is 11.9 Å². The first-order valence-corrected chi connectivity index (χ1v) is 4.62. The summed E-state index contributed by atoms with van der Waals surface area (Å²) in [5.74, 6) is -3.68. The zero-order chi connectivity index (χ0) is 11.5. The van der Waals surface area contributed by atoms with Gasteiger partial charge in [-0.05, 0) is 19.1 Å². The van der Waals surface area contributed by atoms with Crippen LogP contribution in [0.4, 0.5) is 8.78 Å². The van der Waals surface area contributed by atoms with Crippen molar-refractivity contribution in [2.24, 2.45) is 0 Å². The number of aryl methyl sites for hydroxylation is 1. The molecule has 5 heteroatoms. The van der Waals surface area contributed by atoms with Crippen molar-refractivity contribution in [2.45, 2.75) is 32.2 Å². The third-order valence-corrected chi connectivity index (χ3v) is 2.05. The smallest absolute Gasteiger partial charge is 0.309 e. The Balaban J connectivity index is 2.61. The first-order valence-electron chi connectivity index (χ1n) is 4.62. The molecule has 0 amide bonds. The van der Waals surface area contributed by atoms with Gasteiger partial charge in [-0.3, -0.25) is 4.79 Å². The van der Waals surface area contributed by atoms with E-state index in [4.69, 9.17) is 5.11 Å². The summed E-state index contributed by atoms with van der Waals surface area (Å²) in [7, 11) is 0. The Morgan fingerprint density at radius 3 is 2.80 bits per heavy atom. The maximum atomic E-state index is 12.6. The summed E-state index contributed by atoms with van der Waals surface area (Å²) in [6, 6.07) is 3.29. The minimum atomic E-state index is -2.72. The van der Waals surface area contributed by atoms with Gasteiger partial charge in [0.25, 0.3) is 0 Å². The number of halogens is 2. The van der Waals surface area contributed by atoms with Crippen LogP contribution in [0.3, 0.4) is 0 Å². The first kappa shape index (κ1) is 11.7. The second-order valence-electron chi connectivity index (χ2n) is 3.58. The number of hydrogen-bond acceptors (Lipinski definition) is 1. The fourth-order valence-corrected chi connectivity index (χ4v) is 1.30. The predicted octanol–water partition coefficient (Wildman–Crippen LogP) is 2.16. The second kappa shape index (κ2) is 4.42. The molecule has 15 heavy (non-hydrogen) atoms. The van der Waals surface area contributed by atoms with Crippen molar-refractivity contribution < 1.29 is 18.7 Å². The van der Waals surface area contributed by atoms with E-state index in [1.54, 1.807) is 22.9 Å². The highest BCUT2D eigenvalue weighted by Crippen LogP contribution is 2.18. The summed E-state index contributed by atoms with van der Waals surface area (Å²) >= 11 is 0. The summed E-state index contributed by atoms with van der Waals surface area (Å²) in [5.41, 5.74) is 0.548. The SMILES string of the molecule is CC(F)(F)CCn1cccc1CC(=O)O. The summed E-state index contributed by atoms with van der Waals surface area (Å²) in [6.07, 6.45) is 1.20. The topological polar surface area (TPSA) is 42.2 Å². The molecule has 3 nitrogen and oxygen atoms in total. The van der Waals surface area contributed by atoms with Crippen molar-refractivity contribution in [1.82, 2.24) is 4.57 Å². The molecule has 0 spiro atoms. The van der Waals surface area contributed by atoms with Gasteiger partial charge < -0.3 is 9.67 Å². The highest BCUT2D eigenvalue weighted by molar-refractivity contribution is 5.69. The molecule has 1 heterocycles. The number of nitrogens with zero attached hydrogens (tertiary/aromatic N) is 1. The fraction of sp³-hybridized carbons (Fsp3) is 0.500. The molecule has 1 aromatic rings. The van der Waals surface area contributed by atoms with Crippen molar-refractivity contribution in [3.63, 3.8) is 0 Å². The Morgan fingerprint density at radius 1 is 1.60 bits per heavy atom. The van der Waals surface area contributed by atoms with E-state index in [0.29, 0.717) is 5.69 Å². The number of aromatic nitrogens is 1. The number of carboxylic acids is 1. The van der Waals surface area contributed by atoms with Gasteiger partial charge in [0.1, 0.15) is 0 Å². The van der Waals surface area contributed by atoms with E-state index in [0.717, 1.165) is 6.92 Å². The van der Waals surface area contributed by atoms with Gasteiger partial charge >= 0.3 is 5.97 Å². The Bertz CT molecular complexity index is 341. The minimum Gasteiger partial charge on any atom is -0.481 e. The third kappa shape index (κ3) is 4.10. The van der Waals surface area contributed by atoms with Gasteiger partial charge in [-0.15, -0.1) is 0 Å². The number of hydrogen-bond donors (Lipinski definition) is 1. The number of carbonyl (C=O) groups is 1. The predicted molar refractivity (Wildman–Crippen MR) is 51.0 cm³/mol. The lowest BCUT2D eigenvalue weighted by molar-refractivity contribution is -0.136. The first-order chi connectivity index (χ1) is 6.88. The van der Waals surface area contributed by atoms with Crippen LogP contribution in [0.5, 0.6) is 0 Å². The molecule has 0 saturated carbocycles. The van der Waals surface area contributed by atoms with E-state index in [1.807, 2.05) is 0 Å². The van der Waals surface area contributed by atoms with Gasteiger partial charge in [0.15, 0.2) is 0 Å². The van der Waals surface area contributed by atoms with Crippen molar-refractivity contribution in [2.75, 3.05) is 0 Å². The van der Waals surface area contributed by atoms with Gasteiger partial charge in [0.2, 0.25) is 5.92 Å². The average molecular weight is 217 g/mol. The second-order valence-corrected chi connectivity index (χ2v) is 3.58. The summed E-state index contributed by atoms with van der Waals surface area (Å²) in [6.45, 7) is 0.993. The van der Waals surface area contributed by atoms with Crippen LogP contribution < -0.4 is 0 Å². The number of carboxylic acid groups (broad SMARTS) is 1. The van der Waals surface area contributed by atoms with E-state index in [9.17, 15) is 13.6 Å². The highest BCUT2D eigenvalue weighted by atomic mass is 19.3. The number of rotatable bonds is 5. The van der Waals surface area contributed by atoms with Crippen molar-refractivity contribution in [3.05, 3.63) is 24.0 Å². The van der Waals surface area contributed by atoms with Crippen LogP contribution in [0.1, 0.15) is 19.0 Å². The quantitative estimate of drug-likeness (QED) is 0.821. The summed E-state index contributed by atoms with van der Waals surface area (Å²) < 4.78 is 26.7.